The van der Waals surface area contributed by atoms with Gasteiger partial charge in [-0.15, -0.1) is 0 Å². The lowest BCUT2D eigenvalue weighted by Crippen LogP contribution is -2.42. The minimum Gasteiger partial charge on any atom is -0.497 e. The van der Waals surface area contributed by atoms with Crippen molar-refractivity contribution < 1.29 is 9.84 Å². The summed E-state index contributed by atoms with van der Waals surface area (Å²) in [5, 5.41) is 14.1. The number of fused-ring (bicyclic) bond motifs is 2. The van der Waals surface area contributed by atoms with E-state index in [9.17, 15) is 5.11 Å². The average Bonchev–Trinajstić information content (AvgIpc) is 3.09. The van der Waals surface area contributed by atoms with E-state index in [1.165, 1.54) is 25.7 Å². The molecule has 3 heteroatoms. The van der Waals surface area contributed by atoms with Gasteiger partial charge in [0.05, 0.1) is 13.2 Å². The van der Waals surface area contributed by atoms with Crippen molar-refractivity contribution in [3.63, 3.8) is 0 Å². The van der Waals surface area contributed by atoms with Gasteiger partial charge in [-0.1, -0.05) is 18.6 Å². The van der Waals surface area contributed by atoms with Gasteiger partial charge in [0.1, 0.15) is 5.75 Å². The molecule has 3 rings (SSSR count). The maximum absolute atomic E-state index is 10.5. The predicted molar refractivity (Wildman–Crippen MR) is 79.8 cm³/mol. The summed E-state index contributed by atoms with van der Waals surface area (Å²) in [5.74, 6) is 2.60. The van der Waals surface area contributed by atoms with E-state index >= 15 is 0 Å². The fraction of sp³-hybridized carbons (Fsp3) is 0.647. The van der Waals surface area contributed by atoms with E-state index < -0.39 is 6.10 Å². The molecule has 20 heavy (non-hydrogen) atoms. The predicted octanol–water partition coefficient (Wildman–Crippen LogP) is 2.90. The molecule has 3 nitrogen and oxygen atoms in total. The number of benzene rings is 1. The molecule has 0 radical (unpaired) electrons. The van der Waals surface area contributed by atoms with Crippen molar-refractivity contribution in [2.75, 3.05) is 7.11 Å². The van der Waals surface area contributed by atoms with E-state index in [2.05, 4.69) is 12.2 Å². The first kappa shape index (κ1) is 13.9. The molecule has 2 fully saturated rings. The van der Waals surface area contributed by atoms with Crippen LogP contribution in [0.3, 0.4) is 0 Å². The van der Waals surface area contributed by atoms with Crippen LogP contribution in [0.4, 0.5) is 0 Å². The molecule has 2 N–H and O–H groups in total. The Balaban J connectivity index is 1.59. The standard InChI is InChI=1S/C17H25NO2/c1-11(18-16-10-12-3-4-14(16)9-12)17(19)13-5-7-15(20-2)8-6-13/h5-8,11-12,14,16-19H,3-4,9-10H2,1-2H3. The van der Waals surface area contributed by atoms with Crippen molar-refractivity contribution in [2.24, 2.45) is 11.8 Å². The number of hydrogen-bond donors (Lipinski definition) is 2. The molecule has 2 bridgehead atoms. The summed E-state index contributed by atoms with van der Waals surface area (Å²) < 4.78 is 5.15. The van der Waals surface area contributed by atoms with Crippen LogP contribution in [-0.2, 0) is 0 Å². The van der Waals surface area contributed by atoms with Gasteiger partial charge in [0.25, 0.3) is 0 Å². The summed E-state index contributed by atoms with van der Waals surface area (Å²) in [6.07, 6.45) is 5.01. The summed E-state index contributed by atoms with van der Waals surface area (Å²) in [7, 11) is 1.66. The molecule has 2 aliphatic rings. The van der Waals surface area contributed by atoms with Crippen LogP contribution in [0.5, 0.6) is 5.75 Å². The zero-order valence-corrected chi connectivity index (χ0v) is 12.4. The molecule has 1 aromatic rings. The number of hydrogen-bond acceptors (Lipinski definition) is 3. The molecule has 110 valence electrons. The zero-order valence-electron chi connectivity index (χ0n) is 12.4. The number of rotatable bonds is 5. The van der Waals surface area contributed by atoms with Crippen molar-refractivity contribution in [1.82, 2.24) is 5.32 Å². The number of aliphatic hydroxyl groups is 1. The molecule has 1 aromatic carbocycles. The van der Waals surface area contributed by atoms with Gasteiger partial charge in [-0.2, -0.15) is 0 Å². The van der Waals surface area contributed by atoms with Crippen molar-refractivity contribution in [3.8, 4) is 5.75 Å². The number of ether oxygens (including phenoxy) is 1. The van der Waals surface area contributed by atoms with Crippen molar-refractivity contribution in [1.29, 1.82) is 0 Å². The van der Waals surface area contributed by atoms with Crippen LogP contribution in [0.1, 0.15) is 44.3 Å². The number of nitrogens with one attached hydrogen (secondary N) is 1. The SMILES string of the molecule is COc1ccc(C(O)C(C)NC2CC3CCC2C3)cc1. The van der Waals surface area contributed by atoms with Crippen LogP contribution in [0.15, 0.2) is 24.3 Å². The summed E-state index contributed by atoms with van der Waals surface area (Å²) in [4.78, 5) is 0. The molecular formula is C17H25NO2. The summed E-state index contributed by atoms with van der Waals surface area (Å²) in [5.41, 5.74) is 0.953. The van der Waals surface area contributed by atoms with Crippen molar-refractivity contribution >= 4 is 0 Å². The summed E-state index contributed by atoms with van der Waals surface area (Å²) in [6, 6.07) is 8.40. The first-order valence-corrected chi connectivity index (χ1v) is 7.75. The summed E-state index contributed by atoms with van der Waals surface area (Å²) in [6.45, 7) is 2.08. The van der Waals surface area contributed by atoms with Crippen LogP contribution in [0, 0.1) is 11.8 Å². The normalized spacial score (nSPS) is 31.2. The zero-order chi connectivity index (χ0) is 14.1. The van der Waals surface area contributed by atoms with Crippen LogP contribution < -0.4 is 10.1 Å². The Morgan fingerprint density at radius 1 is 1.20 bits per heavy atom. The lowest BCUT2D eigenvalue weighted by atomic mass is 9.93. The number of methoxy groups -OCH3 is 1. The Labute approximate surface area is 121 Å². The molecule has 2 saturated carbocycles. The molecule has 0 amide bonds. The van der Waals surface area contributed by atoms with Gasteiger partial charge in [0.15, 0.2) is 0 Å². The smallest absolute Gasteiger partial charge is 0.118 e. The van der Waals surface area contributed by atoms with Crippen LogP contribution >= 0.6 is 0 Å². The fourth-order valence-electron chi connectivity index (χ4n) is 3.97. The number of aliphatic hydroxyl groups excluding tert-OH is 1. The van der Waals surface area contributed by atoms with Gasteiger partial charge in [-0.05, 0) is 55.7 Å². The van der Waals surface area contributed by atoms with E-state index in [-0.39, 0.29) is 6.04 Å². The quantitative estimate of drug-likeness (QED) is 0.868. The molecule has 0 aromatic heterocycles. The van der Waals surface area contributed by atoms with Gasteiger partial charge in [0.2, 0.25) is 0 Å². The second kappa shape index (κ2) is 5.74. The van der Waals surface area contributed by atoms with Crippen LogP contribution in [0.25, 0.3) is 0 Å². The first-order chi connectivity index (χ1) is 9.67. The van der Waals surface area contributed by atoms with Crippen molar-refractivity contribution in [2.45, 2.75) is 50.8 Å². The Morgan fingerprint density at radius 3 is 2.50 bits per heavy atom. The highest BCUT2D eigenvalue weighted by atomic mass is 16.5. The van der Waals surface area contributed by atoms with E-state index in [0.29, 0.717) is 6.04 Å². The maximum Gasteiger partial charge on any atom is 0.118 e. The highest BCUT2D eigenvalue weighted by molar-refractivity contribution is 5.29. The van der Waals surface area contributed by atoms with Crippen LogP contribution in [0.2, 0.25) is 0 Å². The van der Waals surface area contributed by atoms with E-state index in [1.807, 2.05) is 24.3 Å². The van der Waals surface area contributed by atoms with Gasteiger partial charge in [-0.25, -0.2) is 0 Å². The third-order valence-corrected chi connectivity index (χ3v) is 5.15. The van der Waals surface area contributed by atoms with Gasteiger partial charge < -0.3 is 15.2 Å². The molecule has 0 aliphatic heterocycles. The maximum atomic E-state index is 10.5. The van der Waals surface area contributed by atoms with Gasteiger partial charge in [-0.3, -0.25) is 0 Å². The molecular weight excluding hydrogens is 250 g/mol. The first-order valence-electron chi connectivity index (χ1n) is 7.75. The van der Waals surface area contributed by atoms with E-state index in [0.717, 1.165) is 23.1 Å². The minimum absolute atomic E-state index is 0.0905. The van der Waals surface area contributed by atoms with Crippen LogP contribution in [-0.4, -0.2) is 24.3 Å². The Kier molecular flexibility index (Phi) is 3.99. The average molecular weight is 275 g/mol. The molecule has 5 atom stereocenters. The lowest BCUT2D eigenvalue weighted by Gasteiger charge is -2.29. The van der Waals surface area contributed by atoms with Gasteiger partial charge >= 0.3 is 0 Å². The summed E-state index contributed by atoms with van der Waals surface area (Å²) >= 11 is 0. The topological polar surface area (TPSA) is 41.5 Å². The van der Waals surface area contributed by atoms with Crippen molar-refractivity contribution in [3.05, 3.63) is 29.8 Å². The molecule has 0 spiro atoms. The highest BCUT2D eigenvalue weighted by Gasteiger charge is 2.40. The second-order valence-corrected chi connectivity index (χ2v) is 6.45. The lowest BCUT2D eigenvalue weighted by molar-refractivity contribution is 0.122. The van der Waals surface area contributed by atoms with E-state index in [4.69, 9.17) is 4.74 Å². The second-order valence-electron chi connectivity index (χ2n) is 6.45. The Morgan fingerprint density at radius 2 is 1.95 bits per heavy atom. The Bertz CT molecular complexity index is 445. The largest absolute Gasteiger partial charge is 0.497 e. The third-order valence-electron chi connectivity index (χ3n) is 5.15. The molecule has 0 heterocycles. The fourth-order valence-corrected chi connectivity index (χ4v) is 3.97. The van der Waals surface area contributed by atoms with E-state index in [1.54, 1.807) is 7.11 Å². The third kappa shape index (κ3) is 2.70. The Hall–Kier alpha value is -1.06. The van der Waals surface area contributed by atoms with Gasteiger partial charge in [0, 0.05) is 12.1 Å². The molecule has 0 saturated heterocycles. The monoisotopic (exact) mass is 275 g/mol. The molecule has 5 unspecified atom stereocenters. The molecule has 2 aliphatic carbocycles. The highest BCUT2D eigenvalue weighted by Crippen LogP contribution is 2.44. The minimum atomic E-state index is -0.458.